The first kappa shape index (κ1) is 13.4. The highest BCUT2D eigenvalue weighted by atomic mass is 19.3. The zero-order chi connectivity index (χ0) is 13.0. The summed E-state index contributed by atoms with van der Waals surface area (Å²) in [6.45, 7) is -0.611. The number of nitrogens with zero attached hydrogens (tertiary/aromatic N) is 2. The van der Waals surface area contributed by atoms with Crippen LogP contribution < -0.4 is 0 Å². The fourth-order valence-corrected chi connectivity index (χ4v) is 1.42. The Morgan fingerprint density at radius 1 is 1.47 bits per heavy atom. The van der Waals surface area contributed by atoms with Crippen LogP contribution in [-0.2, 0) is 6.54 Å². The van der Waals surface area contributed by atoms with Crippen molar-refractivity contribution < 1.29 is 18.1 Å². The minimum atomic E-state index is -2.53. The molecule has 0 N–H and O–H groups in total. The summed E-state index contributed by atoms with van der Waals surface area (Å²) in [5, 5.41) is 10.5. The molecule has 7 heteroatoms. The van der Waals surface area contributed by atoms with E-state index in [2.05, 4.69) is 0 Å². The molecule has 17 heavy (non-hydrogen) atoms. The molecule has 0 bridgehead atoms. The lowest BCUT2D eigenvalue weighted by molar-refractivity contribution is -0.387. The Kier molecular flexibility index (Phi) is 4.45. The van der Waals surface area contributed by atoms with Crippen LogP contribution in [0.15, 0.2) is 18.2 Å². The van der Waals surface area contributed by atoms with Crippen LogP contribution in [-0.4, -0.2) is 29.8 Å². The molecule has 0 heterocycles. The van der Waals surface area contributed by atoms with E-state index < -0.39 is 29.4 Å². The molecule has 1 aromatic rings. The third kappa shape index (κ3) is 3.70. The molecule has 0 aliphatic rings. The highest BCUT2D eigenvalue weighted by molar-refractivity contribution is 5.36. The number of hydrogen-bond acceptors (Lipinski definition) is 3. The van der Waals surface area contributed by atoms with Gasteiger partial charge in [0.2, 0.25) is 5.82 Å². The van der Waals surface area contributed by atoms with Crippen LogP contribution in [0.2, 0.25) is 0 Å². The molecule has 0 saturated heterocycles. The van der Waals surface area contributed by atoms with E-state index in [1.165, 1.54) is 24.1 Å². The molecule has 4 nitrogen and oxygen atoms in total. The lowest BCUT2D eigenvalue weighted by atomic mass is 10.1. The second-order valence-corrected chi connectivity index (χ2v) is 3.60. The number of nitro groups is 1. The average molecular weight is 248 g/mol. The van der Waals surface area contributed by atoms with E-state index >= 15 is 0 Å². The molecule has 0 spiro atoms. The molecule has 0 unspecified atom stereocenters. The maximum absolute atomic E-state index is 13.6. The maximum atomic E-state index is 13.6. The SMILES string of the molecule is CN(Cc1cccc([N+](=O)[O-])c1F)CC(F)F. The van der Waals surface area contributed by atoms with Crippen LogP contribution in [0.5, 0.6) is 0 Å². The summed E-state index contributed by atoms with van der Waals surface area (Å²) < 4.78 is 37.7. The maximum Gasteiger partial charge on any atom is 0.305 e. The minimum Gasteiger partial charge on any atom is -0.296 e. The highest BCUT2D eigenvalue weighted by Gasteiger charge is 2.18. The van der Waals surface area contributed by atoms with Gasteiger partial charge >= 0.3 is 5.69 Å². The van der Waals surface area contributed by atoms with E-state index in [1.807, 2.05) is 0 Å². The van der Waals surface area contributed by atoms with Gasteiger partial charge in [0.15, 0.2) is 0 Å². The number of benzene rings is 1. The molecule has 0 aliphatic carbocycles. The lowest BCUT2D eigenvalue weighted by Crippen LogP contribution is -2.24. The van der Waals surface area contributed by atoms with Gasteiger partial charge in [-0.05, 0) is 7.05 Å². The van der Waals surface area contributed by atoms with Crippen LogP contribution in [0.1, 0.15) is 5.56 Å². The van der Waals surface area contributed by atoms with Crippen molar-refractivity contribution in [1.29, 1.82) is 0 Å². The standard InChI is InChI=1S/C10H11F3N2O2/c1-14(6-9(11)12)5-7-3-2-4-8(10(7)13)15(16)17/h2-4,9H,5-6H2,1H3. The zero-order valence-electron chi connectivity index (χ0n) is 9.07. The van der Waals surface area contributed by atoms with Crippen molar-refractivity contribution in [2.24, 2.45) is 0 Å². The normalized spacial score (nSPS) is 11.2. The fraction of sp³-hybridized carbons (Fsp3) is 0.400. The molecule has 0 amide bonds. The first-order valence-electron chi connectivity index (χ1n) is 4.80. The molecule has 0 radical (unpaired) electrons. The first-order valence-corrected chi connectivity index (χ1v) is 4.80. The van der Waals surface area contributed by atoms with Crippen molar-refractivity contribution in [2.45, 2.75) is 13.0 Å². The Balaban J connectivity index is 2.85. The van der Waals surface area contributed by atoms with E-state index in [1.54, 1.807) is 0 Å². The zero-order valence-corrected chi connectivity index (χ0v) is 9.07. The molecular formula is C10H11F3N2O2. The Hall–Kier alpha value is -1.63. The van der Waals surface area contributed by atoms with Gasteiger partial charge in [-0.2, -0.15) is 4.39 Å². The van der Waals surface area contributed by atoms with E-state index in [4.69, 9.17) is 0 Å². The quantitative estimate of drug-likeness (QED) is 0.594. The van der Waals surface area contributed by atoms with E-state index in [0.29, 0.717) is 0 Å². The number of halogens is 3. The Morgan fingerprint density at radius 2 is 2.12 bits per heavy atom. The third-order valence-electron chi connectivity index (χ3n) is 2.14. The molecule has 0 saturated carbocycles. The summed E-state index contributed by atoms with van der Waals surface area (Å²) in [5.74, 6) is -0.974. The van der Waals surface area contributed by atoms with Crippen molar-refractivity contribution in [3.05, 3.63) is 39.7 Å². The Labute approximate surface area is 95.8 Å². The van der Waals surface area contributed by atoms with Gasteiger partial charge in [-0.3, -0.25) is 15.0 Å². The van der Waals surface area contributed by atoms with Crippen LogP contribution in [0.25, 0.3) is 0 Å². The molecule has 1 aromatic carbocycles. The monoisotopic (exact) mass is 248 g/mol. The van der Waals surface area contributed by atoms with Gasteiger partial charge in [-0.15, -0.1) is 0 Å². The van der Waals surface area contributed by atoms with E-state index in [9.17, 15) is 23.3 Å². The Morgan fingerprint density at radius 3 is 2.65 bits per heavy atom. The summed E-state index contributed by atoms with van der Waals surface area (Å²) in [6.07, 6.45) is -2.53. The summed E-state index contributed by atoms with van der Waals surface area (Å²) in [5.41, 5.74) is -0.615. The second kappa shape index (κ2) is 5.62. The van der Waals surface area contributed by atoms with Gasteiger partial charge in [0.25, 0.3) is 6.43 Å². The smallest absolute Gasteiger partial charge is 0.296 e. The summed E-state index contributed by atoms with van der Waals surface area (Å²) in [7, 11) is 1.39. The topological polar surface area (TPSA) is 46.4 Å². The first-order chi connectivity index (χ1) is 7.91. The van der Waals surface area contributed by atoms with Gasteiger partial charge < -0.3 is 0 Å². The fourth-order valence-electron chi connectivity index (χ4n) is 1.42. The third-order valence-corrected chi connectivity index (χ3v) is 2.14. The van der Waals surface area contributed by atoms with Gasteiger partial charge in [-0.25, -0.2) is 8.78 Å². The number of hydrogen-bond donors (Lipinski definition) is 0. The number of rotatable bonds is 5. The van der Waals surface area contributed by atoms with Gasteiger partial charge in [0.1, 0.15) is 0 Å². The van der Waals surface area contributed by atoms with Gasteiger partial charge in [0.05, 0.1) is 11.5 Å². The van der Waals surface area contributed by atoms with Crippen LogP contribution in [0, 0.1) is 15.9 Å². The van der Waals surface area contributed by atoms with Crippen molar-refractivity contribution in [2.75, 3.05) is 13.6 Å². The predicted molar refractivity (Wildman–Crippen MR) is 55.4 cm³/mol. The number of nitro benzene ring substituents is 1. The van der Waals surface area contributed by atoms with Crippen LogP contribution >= 0.6 is 0 Å². The molecule has 1 rings (SSSR count). The van der Waals surface area contributed by atoms with Crippen LogP contribution in [0.3, 0.4) is 0 Å². The number of alkyl halides is 2. The molecule has 0 aliphatic heterocycles. The molecule has 0 fully saturated rings. The lowest BCUT2D eigenvalue weighted by Gasteiger charge is -2.16. The molecular weight excluding hydrogens is 237 g/mol. The minimum absolute atomic E-state index is 0.0300. The van der Waals surface area contributed by atoms with Crippen molar-refractivity contribution in [1.82, 2.24) is 4.90 Å². The van der Waals surface area contributed by atoms with Gasteiger partial charge in [0, 0.05) is 18.2 Å². The molecule has 94 valence electrons. The predicted octanol–water partition coefficient (Wildman–Crippen LogP) is 2.43. The van der Waals surface area contributed by atoms with Crippen LogP contribution in [0.4, 0.5) is 18.9 Å². The summed E-state index contributed by atoms with van der Waals surface area (Å²) in [6, 6.07) is 3.70. The second-order valence-electron chi connectivity index (χ2n) is 3.60. The van der Waals surface area contributed by atoms with E-state index in [0.717, 1.165) is 6.07 Å². The average Bonchev–Trinajstić information content (AvgIpc) is 2.19. The largest absolute Gasteiger partial charge is 0.305 e. The van der Waals surface area contributed by atoms with Crippen molar-refractivity contribution in [3.63, 3.8) is 0 Å². The molecule has 0 atom stereocenters. The van der Waals surface area contributed by atoms with Crippen molar-refractivity contribution >= 4 is 5.69 Å². The van der Waals surface area contributed by atoms with E-state index in [-0.39, 0.29) is 12.1 Å². The van der Waals surface area contributed by atoms with Crippen molar-refractivity contribution in [3.8, 4) is 0 Å². The molecule has 0 aromatic heterocycles. The van der Waals surface area contributed by atoms with Gasteiger partial charge in [-0.1, -0.05) is 12.1 Å². The summed E-state index contributed by atoms with van der Waals surface area (Å²) in [4.78, 5) is 10.8. The Bertz CT molecular complexity index is 413. The summed E-state index contributed by atoms with van der Waals surface area (Å²) >= 11 is 0. The highest BCUT2D eigenvalue weighted by Crippen LogP contribution is 2.21.